The molecule has 3 aromatic heterocycles. The highest BCUT2D eigenvalue weighted by Crippen LogP contribution is 2.42. The first-order chi connectivity index (χ1) is 28.2. The summed E-state index contributed by atoms with van der Waals surface area (Å²) in [6, 6.07) is 59.5. The molecule has 0 saturated carbocycles. The molecule has 7 aromatic carbocycles. The molecule has 0 aliphatic heterocycles. The summed E-state index contributed by atoms with van der Waals surface area (Å²) >= 11 is 0. The molecule has 0 radical (unpaired) electrons. The van der Waals surface area contributed by atoms with Crippen LogP contribution in [0.3, 0.4) is 0 Å². The molecule has 0 spiro atoms. The van der Waals surface area contributed by atoms with Crippen LogP contribution in [0.5, 0.6) is 0 Å². The van der Waals surface area contributed by atoms with Crippen molar-refractivity contribution < 1.29 is 4.42 Å². The first-order valence-corrected chi connectivity index (χ1v) is 19.5. The van der Waals surface area contributed by atoms with E-state index in [1.165, 1.54) is 33.0 Å². The Morgan fingerprint density at radius 2 is 1.16 bits per heavy atom. The van der Waals surface area contributed by atoms with Crippen molar-refractivity contribution in [1.29, 1.82) is 0 Å². The molecule has 1 aliphatic rings. The maximum atomic E-state index is 6.69. The van der Waals surface area contributed by atoms with Crippen LogP contribution < -0.4 is 0 Å². The van der Waals surface area contributed by atoms with Gasteiger partial charge in [-0.25, -0.2) is 15.0 Å². The van der Waals surface area contributed by atoms with E-state index in [-0.39, 0.29) is 11.8 Å². The monoisotopic (exact) mass is 732 g/mol. The van der Waals surface area contributed by atoms with Crippen LogP contribution in [0.1, 0.15) is 24.2 Å². The molecule has 2 unspecified atom stereocenters. The molecule has 57 heavy (non-hydrogen) atoms. The van der Waals surface area contributed by atoms with Crippen molar-refractivity contribution in [3.8, 4) is 39.6 Å². The average molecular weight is 733 g/mol. The molecular weight excluding hydrogens is 697 g/mol. The number of furan rings is 1. The van der Waals surface area contributed by atoms with Gasteiger partial charge in [0, 0.05) is 33.2 Å². The molecule has 0 fully saturated rings. The van der Waals surface area contributed by atoms with Crippen LogP contribution >= 0.6 is 0 Å². The summed E-state index contributed by atoms with van der Waals surface area (Å²) in [6.07, 6.45) is 6.56. The van der Waals surface area contributed by atoms with Gasteiger partial charge >= 0.3 is 0 Å². The summed E-state index contributed by atoms with van der Waals surface area (Å²) in [5.41, 5.74) is 11.7. The fourth-order valence-electron chi connectivity index (χ4n) is 8.65. The van der Waals surface area contributed by atoms with Gasteiger partial charge in [0.2, 0.25) is 0 Å². The molecule has 270 valence electrons. The Balaban J connectivity index is 1.05. The second-order valence-corrected chi connectivity index (χ2v) is 14.8. The van der Waals surface area contributed by atoms with Crippen LogP contribution in [-0.4, -0.2) is 19.5 Å². The Morgan fingerprint density at radius 1 is 0.491 bits per heavy atom. The summed E-state index contributed by atoms with van der Waals surface area (Å²) in [5.74, 6) is 2.16. The SMILES string of the molecule is CC1C(c2ccccc2)=CC=CC1c1nc(-c2ccccc2)nc(-c2ccc3c(c2)oc2cccc(-n4c5ccccc5c5cc(-c6ccccc6)ccc54)c23)n1. The number of para-hydroxylation sites is 1. The van der Waals surface area contributed by atoms with Crippen molar-refractivity contribution in [3.05, 3.63) is 199 Å². The van der Waals surface area contributed by atoms with E-state index in [9.17, 15) is 0 Å². The van der Waals surface area contributed by atoms with Gasteiger partial charge in [0.05, 0.1) is 22.1 Å². The van der Waals surface area contributed by atoms with Crippen LogP contribution in [0.2, 0.25) is 0 Å². The van der Waals surface area contributed by atoms with Gasteiger partial charge in [-0.05, 0) is 70.6 Å². The molecule has 0 amide bonds. The van der Waals surface area contributed by atoms with E-state index in [1.807, 2.05) is 18.2 Å². The molecule has 5 nitrogen and oxygen atoms in total. The first kappa shape index (κ1) is 33.0. The average Bonchev–Trinajstić information content (AvgIpc) is 3.82. The zero-order chi connectivity index (χ0) is 37.9. The Labute approximate surface area is 329 Å². The Bertz CT molecular complexity index is 3190. The third kappa shape index (κ3) is 5.58. The number of rotatable bonds is 6. The van der Waals surface area contributed by atoms with Gasteiger partial charge in [-0.3, -0.25) is 0 Å². The Kier molecular flexibility index (Phi) is 7.78. The molecule has 5 heteroatoms. The molecule has 11 rings (SSSR count). The number of aromatic nitrogens is 4. The van der Waals surface area contributed by atoms with Gasteiger partial charge in [0.1, 0.15) is 17.0 Å². The summed E-state index contributed by atoms with van der Waals surface area (Å²) in [5, 5.41) is 4.53. The van der Waals surface area contributed by atoms with Crippen molar-refractivity contribution in [2.45, 2.75) is 12.8 Å². The predicted molar refractivity (Wildman–Crippen MR) is 233 cm³/mol. The van der Waals surface area contributed by atoms with Crippen LogP contribution in [0, 0.1) is 5.92 Å². The van der Waals surface area contributed by atoms with E-state index in [0.717, 1.165) is 55.6 Å². The Hall–Kier alpha value is -7.37. The number of hydrogen-bond acceptors (Lipinski definition) is 4. The van der Waals surface area contributed by atoms with Crippen LogP contribution in [-0.2, 0) is 0 Å². The Morgan fingerprint density at radius 3 is 1.95 bits per heavy atom. The van der Waals surface area contributed by atoms with E-state index >= 15 is 0 Å². The molecule has 1 aliphatic carbocycles. The van der Waals surface area contributed by atoms with Crippen LogP contribution in [0.25, 0.3) is 88.9 Å². The van der Waals surface area contributed by atoms with Gasteiger partial charge < -0.3 is 8.98 Å². The second kappa shape index (κ2) is 13.4. The third-order valence-electron chi connectivity index (χ3n) is 11.5. The van der Waals surface area contributed by atoms with Crippen molar-refractivity contribution in [2.75, 3.05) is 0 Å². The van der Waals surface area contributed by atoms with Crippen LogP contribution in [0.15, 0.2) is 193 Å². The zero-order valence-corrected chi connectivity index (χ0v) is 31.2. The molecule has 3 heterocycles. The molecule has 10 aromatic rings. The second-order valence-electron chi connectivity index (χ2n) is 14.8. The highest BCUT2D eigenvalue weighted by atomic mass is 16.3. The van der Waals surface area contributed by atoms with Gasteiger partial charge in [0.25, 0.3) is 0 Å². The smallest absolute Gasteiger partial charge is 0.163 e. The van der Waals surface area contributed by atoms with E-state index in [4.69, 9.17) is 19.4 Å². The molecule has 0 bridgehead atoms. The van der Waals surface area contributed by atoms with Crippen molar-refractivity contribution in [3.63, 3.8) is 0 Å². The fourth-order valence-corrected chi connectivity index (χ4v) is 8.65. The zero-order valence-electron chi connectivity index (χ0n) is 31.2. The summed E-state index contributed by atoms with van der Waals surface area (Å²) in [4.78, 5) is 15.4. The lowest BCUT2D eigenvalue weighted by atomic mass is 9.80. The molecular formula is C52H36N4O. The minimum Gasteiger partial charge on any atom is -0.456 e. The van der Waals surface area contributed by atoms with Gasteiger partial charge in [-0.1, -0.05) is 153 Å². The lowest BCUT2D eigenvalue weighted by molar-refractivity contribution is 0.615. The number of hydrogen-bond donors (Lipinski definition) is 0. The summed E-state index contributed by atoms with van der Waals surface area (Å²) < 4.78 is 9.07. The lowest BCUT2D eigenvalue weighted by Crippen LogP contribution is -2.16. The topological polar surface area (TPSA) is 56.7 Å². The maximum absolute atomic E-state index is 6.69. The predicted octanol–water partition coefficient (Wildman–Crippen LogP) is 13.2. The van der Waals surface area contributed by atoms with Gasteiger partial charge in [0.15, 0.2) is 11.6 Å². The minimum absolute atomic E-state index is 0.0260. The largest absolute Gasteiger partial charge is 0.456 e. The normalized spacial score (nSPS) is 15.5. The van der Waals surface area contributed by atoms with E-state index in [2.05, 4.69) is 181 Å². The molecule has 0 N–H and O–H groups in total. The van der Waals surface area contributed by atoms with Crippen molar-refractivity contribution in [2.24, 2.45) is 5.92 Å². The lowest BCUT2D eigenvalue weighted by Gasteiger charge is -2.26. The first-order valence-electron chi connectivity index (χ1n) is 19.5. The van der Waals surface area contributed by atoms with Crippen molar-refractivity contribution >= 4 is 49.3 Å². The summed E-state index contributed by atoms with van der Waals surface area (Å²) in [7, 11) is 0. The fraction of sp³-hybridized carbons (Fsp3) is 0.0577. The van der Waals surface area contributed by atoms with Gasteiger partial charge in [-0.15, -0.1) is 0 Å². The number of nitrogens with zero attached hydrogens (tertiary/aromatic N) is 4. The molecule has 2 atom stereocenters. The van der Waals surface area contributed by atoms with E-state index < -0.39 is 0 Å². The number of allylic oxidation sites excluding steroid dienone is 4. The quantitative estimate of drug-likeness (QED) is 0.171. The van der Waals surface area contributed by atoms with Crippen molar-refractivity contribution in [1.82, 2.24) is 19.5 Å². The van der Waals surface area contributed by atoms with Gasteiger partial charge in [-0.2, -0.15) is 0 Å². The maximum Gasteiger partial charge on any atom is 0.163 e. The van der Waals surface area contributed by atoms with Crippen LogP contribution in [0.4, 0.5) is 0 Å². The van der Waals surface area contributed by atoms with E-state index in [1.54, 1.807) is 0 Å². The summed E-state index contributed by atoms with van der Waals surface area (Å²) in [6.45, 7) is 2.26. The standard InChI is InChI=1S/C52H36N4O/c1-33-39(35-17-7-3-8-18-35)22-13-23-40(33)52-54-50(36-19-9-4-10-20-36)53-51(55-52)38-27-29-42-48(32-38)57-47-26-14-25-46(49(42)47)56-44-24-12-11-21-41(44)43-31-37(28-30-45(43)56)34-15-5-2-6-16-34/h2-33,40H,1H3. The third-order valence-corrected chi connectivity index (χ3v) is 11.5. The highest BCUT2D eigenvalue weighted by molar-refractivity contribution is 6.15. The number of benzene rings is 7. The minimum atomic E-state index is -0.0260. The molecule has 0 saturated heterocycles. The highest BCUT2D eigenvalue weighted by Gasteiger charge is 2.28. The number of fused-ring (bicyclic) bond motifs is 6. The van der Waals surface area contributed by atoms with E-state index in [0.29, 0.717) is 11.6 Å².